The Bertz CT molecular complexity index is 895. The number of anilines is 2. The second kappa shape index (κ2) is 8.51. The quantitative estimate of drug-likeness (QED) is 0.445. The smallest absolute Gasteiger partial charge is 0.269 e. The number of hydrogen-bond donors (Lipinski definition) is 1. The van der Waals surface area contributed by atoms with Gasteiger partial charge in [0.05, 0.1) is 10.6 Å². The molecule has 3 rings (SSSR count). The van der Waals surface area contributed by atoms with Gasteiger partial charge in [0.2, 0.25) is 0 Å². The van der Waals surface area contributed by atoms with Crippen molar-refractivity contribution in [2.75, 3.05) is 23.4 Å². The Morgan fingerprint density at radius 1 is 1.21 bits per heavy atom. The number of ether oxygens (including phenoxy) is 1. The molecule has 1 heterocycles. The minimum Gasteiger partial charge on any atom is -0.482 e. The highest BCUT2D eigenvalue weighted by molar-refractivity contribution is 6.05. The summed E-state index contributed by atoms with van der Waals surface area (Å²) in [4.78, 5) is 36.6. The van der Waals surface area contributed by atoms with Crippen LogP contribution in [0, 0.1) is 10.1 Å². The van der Waals surface area contributed by atoms with E-state index in [0.29, 0.717) is 29.2 Å². The van der Waals surface area contributed by atoms with Gasteiger partial charge in [-0.25, -0.2) is 0 Å². The number of nitro groups is 1. The maximum Gasteiger partial charge on any atom is 0.269 e. The van der Waals surface area contributed by atoms with Gasteiger partial charge >= 0.3 is 0 Å². The van der Waals surface area contributed by atoms with Gasteiger partial charge in [-0.2, -0.15) is 0 Å². The van der Waals surface area contributed by atoms with Gasteiger partial charge in [0.25, 0.3) is 17.5 Å². The number of non-ortho nitro benzene ring substituents is 1. The molecular formula is C20H21N3O5. The largest absolute Gasteiger partial charge is 0.482 e. The zero-order chi connectivity index (χ0) is 20.1. The van der Waals surface area contributed by atoms with Crippen LogP contribution in [0.4, 0.5) is 17.1 Å². The zero-order valence-corrected chi connectivity index (χ0v) is 15.5. The van der Waals surface area contributed by atoms with Crippen LogP contribution in [0.25, 0.3) is 0 Å². The summed E-state index contributed by atoms with van der Waals surface area (Å²) >= 11 is 0. The summed E-state index contributed by atoms with van der Waals surface area (Å²) in [5.74, 6) is 0.0994. The molecule has 2 aromatic carbocycles. The van der Waals surface area contributed by atoms with Crippen LogP contribution in [0.5, 0.6) is 5.75 Å². The van der Waals surface area contributed by atoms with Gasteiger partial charge in [-0.3, -0.25) is 19.7 Å². The molecule has 0 fully saturated rings. The summed E-state index contributed by atoms with van der Waals surface area (Å²) in [7, 11) is 0. The zero-order valence-electron chi connectivity index (χ0n) is 15.5. The Hall–Kier alpha value is -3.42. The van der Waals surface area contributed by atoms with E-state index in [4.69, 9.17) is 4.74 Å². The highest BCUT2D eigenvalue weighted by atomic mass is 16.6. The molecule has 8 heteroatoms. The molecule has 0 spiro atoms. The van der Waals surface area contributed by atoms with Gasteiger partial charge in [0.15, 0.2) is 6.61 Å². The molecule has 0 saturated heterocycles. The lowest BCUT2D eigenvalue weighted by Gasteiger charge is -2.29. The number of nitrogens with one attached hydrogen (secondary N) is 1. The van der Waals surface area contributed by atoms with E-state index in [0.717, 1.165) is 19.3 Å². The van der Waals surface area contributed by atoms with Crippen molar-refractivity contribution in [1.82, 2.24) is 0 Å². The number of fused-ring (bicyclic) bond motifs is 1. The number of carbonyl (C=O) groups is 2. The number of nitrogens with zero attached hydrogens (tertiary/aromatic N) is 2. The first kappa shape index (κ1) is 19.3. The van der Waals surface area contributed by atoms with E-state index in [9.17, 15) is 19.7 Å². The molecule has 146 valence electrons. The highest BCUT2D eigenvalue weighted by Gasteiger charge is 2.25. The lowest BCUT2D eigenvalue weighted by atomic mass is 10.1. The third-order valence-electron chi connectivity index (χ3n) is 4.49. The van der Waals surface area contributed by atoms with Gasteiger partial charge < -0.3 is 15.0 Å². The Kier molecular flexibility index (Phi) is 5.88. The monoisotopic (exact) mass is 383 g/mol. The topological polar surface area (TPSA) is 102 Å². The van der Waals surface area contributed by atoms with E-state index in [2.05, 4.69) is 12.2 Å². The Morgan fingerprint density at radius 3 is 2.64 bits per heavy atom. The van der Waals surface area contributed by atoms with Gasteiger partial charge in [0, 0.05) is 29.9 Å². The first-order chi connectivity index (χ1) is 13.5. The van der Waals surface area contributed by atoms with Crippen molar-refractivity contribution in [2.24, 2.45) is 0 Å². The second-order valence-electron chi connectivity index (χ2n) is 6.48. The fourth-order valence-electron chi connectivity index (χ4n) is 2.98. The standard InChI is InChI=1S/C20H21N3O5/c1-2-3-4-11-22-17-12-15(7-10-18(17)28-13-19(22)24)21-20(25)14-5-8-16(9-6-14)23(26)27/h5-10,12H,2-4,11,13H2,1H3,(H,21,25). The number of nitro benzene ring substituents is 1. The number of unbranched alkanes of at least 4 members (excludes halogenated alkanes) is 2. The van der Waals surface area contributed by atoms with Crippen molar-refractivity contribution in [3.05, 3.63) is 58.1 Å². The summed E-state index contributed by atoms with van der Waals surface area (Å²) in [6.07, 6.45) is 2.97. The second-order valence-corrected chi connectivity index (χ2v) is 6.48. The molecule has 0 unspecified atom stereocenters. The molecule has 1 aliphatic heterocycles. The molecule has 0 atom stereocenters. The van der Waals surface area contributed by atoms with Crippen LogP contribution < -0.4 is 15.0 Å². The Labute approximate surface area is 162 Å². The van der Waals surface area contributed by atoms with E-state index >= 15 is 0 Å². The van der Waals surface area contributed by atoms with E-state index in [1.54, 1.807) is 23.1 Å². The van der Waals surface area contributed by atoms with E-state index in [1.807, 2.05) is 0 Å². The average molecular weight is 383 g/mol. The number of carbonyl (C=O) groups excluding carboxylic acids is 2. The summed E-state index contributed by atoms with van der Waals surface area (Å²) in [5.41, 5.74) is 1.37. The number of amides is 2. The van der Waals surface area contributed by atoms with Crippen molar-refractivity contribution in [1.29, 1.82) is 0 Å². The van der Waals surface area contributed by atoms with E-state index in [-0.39, 0.29) is 18.2 Å². The summed E-state index contributed by atoms with van der Waals surface area (Å²) in [6, 6.07) is 10.5. The number of benzene rings is 2. The summed E-state index contributed by atoms with van der Waals surface area (Å²) < 4.78 is 5.48. The lowest BCUT2D eigenvalue weighted by Crippen LogP contribution is -2.39. The lowest BCUT2D eigenvalue weighted by molar-refractivity contribution is -0.384. The van der Waals surface area contributed by atoms with Crippen LogP contribution >= 0.6 is 0 Å². The molecule has 0 radical (unpaired) electrons. The molecule has 8 nitrogen and oxygen atoms in total. The predicted octanol–water partition coefficient (Wildman–Crippen LogP) is 3.76. The molecule has 2 amide bonds. The summed E-state index contributed by atoms with van der Waals surface area (Å²) in [6.45, 7) is 2.71. The van der Waals surface area contributed by atoms with Gasteiger partial charge in [0.1, 0.15) is 5.75 Å². The normalized spacial score (nSPS) is 12.9. The fourth-order valence-corrected chi connectivity index (χ4v) is 2.98. The average Bonchev–Trinajstić information content (AvgIpc) is 2.70. The Balaban J connectivity index is 1.77. The van der Waals surface area contributed by atoms with Gasteiger partial charge in [-0.1, -0.05) is 19.8 Å². The fraction of sp³-hybridized carbons (Fsp3) is 0.300. The first-order valence-corrected chi connectivity index (χ1v) is 9.12. The van der Waals surface area contributed by atoms with Crippen molar-refractivity contribution in [3.8, 4) is 5.75 Å². The summed E-state index contributed by atoms with van der Waals surface area (Å²) in [5, 5.41) is 13.5. The van der Waals surface area contributed by atoms with Crippen LogP contribution in [0.1, 0.15) is 36.5 Å². The highest BCUT2D eigenvalue weighted by Crippen LogP contribution is 2.35. The number of rotatable bonds is 7. The molecule has 0 bridgehead atoms. The van der Waals surface area contributed by atoms with Crippen LogP contribution in [-0.2, 0) is 4.79 Å². The number of hydrogen-bond acceptors (Lipinski definition) is 5. The SMILES string of the molecule is CCCCCN1C(=O)COc2ccc(NC(=O)c3ccc([N+](=O)[O-])cc3)cc21. The van der Waals surface area contributed by atoms with Gasteiger partial charge in [-0.05, 0) is 36.8 Å². The molecule has 2 aromatic rings. The van der Waals surface area contributed by atoms with Crippen molar-refractivity contribution in [2.45, 2.75) is 26.2 Å². The molecule has 28 heavy (non-hydrogen) atoms. The van der Waals surface area contributed by atoms with Crippen molar-refractivity contribution in [3.63, 3.8) is 0 Å². The van der Waals surface area contributed by atoms with Crippen LogP contribution in [0.15, 0.2) is 42.5 Å². The van der Waals surface area contributed by atoms with Crippen LogP contribution in [0.2, 0.25) is 0 Å². The maximum atomic E-state index is 12.4. The predicted molar refractivity (Wildman–Crippen MR) is 105 cm³/mol. The molecule has 1 aliphatic rings. The molecule has 0 aliphatic carbocycles. The third-order valence-corrected chi connectivity index (χ3v) is 4.49. The van der Waals surface area contributed by atoms with E-state index < -0.39 is 10.8 Å². The minimum absolute atomic E-state index is 0.00757. The molecular weight excluding hydrogens is 362 g/mol. The molecule has 0 aromatic heterocycles. The first-order valence-electron chi connectivity index (χ1n) is 9.12. The van der Waals surface area contributed by atoms with Gasteiger partial charge in [-0.15, -0.1) is 0 Å². The molecule has 1 N–H and O–H groups in total. The molecule has 0 saturated carbocycles. The van der Waals surface area contributed by atoms with Crippen LogP contribution in [-0.4, -0.2) is 29.9 Å². The van der Waals surface area contributed by atoms with E-state index in [1.165, 1.54) is 24.3 Å². The van der Waals surface area contributed by atoms with Crippen LogP contribution in [0.3, 0.4) is 0 Å². The minimum atomic E-state index is -0.519. The van der Waals surface area contributed by atoms with Crippen molar-refractivity contribution < 1.29 is 19.2 Å². The third kappa shape index (κ3) is 4.28. The maximum absolute atomic E-state index is 12.4. The Morgan fingerprint density at radius 2 is 1.96 bits per heavy atom. The van der Waals surface area contributed by atoms with Crippen molar-refractivity contribution >= 4 is 28.9 Å².